The van der Waals surface area contributed by atoms with Crippen LogP contribution in [0.25, 0.3) is 0 Å². The molecule has 16 heteroatoms. The first-order valence-electron chi connectivity index (χ1n) is 23.5. The SMILES string of the molecule is CC(C)(C)c1cn(C(C)(C)C)nn1.CC(C)(C)c1cn(C(C)(C)C)nn1.CC(C)C1=CCN=[N+]1C(C)C.CC(C)SC1CC(=O)N(C(C)C)C1=O.CC(C)SC1CC(=O)N(C(C)C)C1=O. The Morgan fingerprint density at radius 1 is 0.569 bits per heavy atom. The molecule has 5 heterocycles. The summed E-state index contributed by atoms with van der Waals surface area (Å²) in [4.78, 5) is 49.4. The third-order valence-corrected chi connectivity index (χ3v) is 12.4. The highest BCUT2D eigenvalue weighted by atomic mass is 32.2. The Balaban J connectivity index is 0.000000407. The van der Waals surface area contributed by atoms with Crippen molar-refractivity contribution in [3.8, 4) is 0 Å². The van der Waals surface area contributed by atoms with Gasteiger partial charge in [-0.3, -0.25) is 29.0 Å². The Hall–Kier alpha value is -3.40. The average Bonchev–Trinajstić information content (AvgIpc) is 3.96. The summed E-state index contributed by atoms with van der Waals surface area (Å²) in [6.07, 6.45) is 7.02. The van der Waals surface area contributed by atoms with Crippen LogP contribution < -0.4 is 0 Å². The van der Waals surface area contributed by atoms with Crippen molar-refractivity contribution in [2.75, 3.05) is 6.54 Å². The maximum atomic E-state index is 11.8. The molecule has 3 aliphatic rings. The number of carbonyl (C=O) groups excluding carboxylic acids is 4. The number of imide groups is 2. The van der Waals surface area contributed by atoms with Crippen LogP contribution in [0, 0.1) is 5.92 Å². The van der Waals surface area contributed by atoms with Gasteiger partial charge in [0.15, 0.2) is 6.04 Å². The molecule has 0 spiro atoms. The van der Waals surface area contributed by atoms with Crippen molar-refractivity contribution in [2.45, 2.75) is 240 Å². The van der Waals surface area contributed by atoms with Gasteiger partial charge < -0.3 is 0 Å². The molecule has 0 radical (unpaired) electrons. The van der Waals surface area contributed by atoms with Gasteiger partial charge in [-0.25, -0.2) is 9.36 Å². The maximum Gasteiger partial charge on any atom is 0.243 e. The van der Waals surface area contributed by atoms with E-state index >= 15 is 0 Å². The fourth-order valence-corrected chi connectivity index (χ4v) is 8.68. The van der Waals surface area contributed by atoms with Crippen LogP contribution in [-0.4, -0.2) is 114 Å². The zero-order valence-electron chi connectivity index (χ0n) is 44.9. The van der Waals surface area contributed by atoms with E-state index in [4.69, 9.17) is 0 Å². The highest BCUT2D eigenvalue weighted by Gasteiger charge is 2.41. The summed E-state index contributed by atoms with van der Waals surface area (Å²) < 4.78 is 5.95. The predicted octanol–water partition coefficient (Wildman–Crippen LogP) is 10.4. The lowest BCUT2D eigenvalue weighted by Crippen LogP contribution is -2.37. The molecule has 65 heavy (non-hydrogen) atoms. The van der Waals surface area contributed by atoms with Gasteiger partial charge in [-0.1, -0.05) is 98.2 Å². The molecule has 4 amide bonds. The second-order valence-electron chi connectivity index (χ2n) is 22.6. The fourth-order valence-electron chi connectivity index (χ4n) is 6.43. The molecule has 2 aromatic heterocycles. The number of rotatable bonds is 8. The number of hydrogen-bond acceptors (Lipinski definition) is 11. The molecular weight excluding hydrogens is 857 g/mol. The second kappa shape index (κ2) is 24.6. The lowest BCUT2D eigenvalue weighted by Gasteiger charge is -2.19. The summed E-state index contributed by atoms with van der Waals surface area (Å²) in [6.45, 7) is 50.9. The van der Waals surface area contributed by atoms with Gasteiger partial charge in [-0.05, 0) is 98.7 Å². The van der Waals surface area contributed by atoms with Gasteiger partial charge in [0.2, 0.25) is 29.3 Å². The van der Waals surface area contributed by atoms with Gasteiger partial charge in [0, 0.05) is 60.1 Å². The van der Waals surface area contributed by atoms with E-state index in [-0.39, 0.29) is 68.1 Å². The Morgan fingerprint density at radius 3 is 1.09 bits per heavy atom. The number of carbonyl (C=O) groups is 4. The largest absolute Gasteiger partial charge is 0.279 e. The summed E-state index contributed by atoms with van der Waals surface area (Å²) in [6, 6.07) is 0.492. The Bertz CT molecular complexity index is 1720. The van der Waals surface area contributed by atoms with Crippen molar-refractivity contribution in [1.29, 1.82) is 0 Å². The van der Waals surface area contributed by atoms with Crippen molar-refractivity contribution in [3.05, 3.63) is 35.6 Å². The summed E-state index contributed by atoms with van der Waals surface area (Å²) in [5.41, 5.74) is 3.69. The summed E-state index contributed by atoms with van der Waals surface area (Å²) in [5, 5.41) is 21.4. The number of nitrogens with zero attached hydrogens (tertiary/aromatic N) is 10. The molecule has 5 rings (SSSR count). The van der Waals surface area contributed by atoms with Crippen LogP contribution in [0.5, 0.6) is 0 Å². The van der Waals surface area contributed by atoms with E-state index in [1.807, 2.05) is 77.1 Å². The molecule has 0 N–H and O–H groups in total. The minimum absolute atomic E-state index is 0.00670. The van der Waals surface area contributed by atoms with Crippen molar-refractivity contribution in [3.63, 3.8) is 0 Å². The van der Waals surface area contributed by atoms with Crippen LogP contribution in [0.15, 0.2) is 29.3 Å². The van der Waals surface area contributed by atoms with Crippen molar-refractivity contribution in [2.24, 2.45) is 11.0 Å². The fraction of sp³-hybridized carbons (Fsp3) is 0.796. The van der Waals surface area contributed by atoms with E-state index < -0.39 is 0 Å². The van der Waals surface area contributed by atoms with Crippen LogP contribution in [-0.2, 0) is 41.1 Å². The van der Waals surface area contributed by atoms with E-state index in [1.165, 1.54) is 15.5 Å². The van der Waals surface area contributed by atoms with E-state index in [1.54, 1.807) is 23.5 Å². The molecule has 0 aliphatic carbocycles. The van der Waals surface area contributed by atoms with Gasteiger partial charge in [0.05, 0.1) is 33.0 Å². The number of hydrogen-bond donors (Lipinski definition) is 0. The third kappa shape index (κ3) is 19.0. The van der Waals surface area contributed by atoms with Gasteiger partial charge in [-0.15, -0.1) is 33.7 Å². The molecule has 2 atom stereocenters. The molecule has 0 saturated carbocycles. The summed E-state index contributed by atoms with van der Waals surface area (Å²) in [5.74, 6) is 0.530. The normalized spacial score (nSPS) is 18.2. The minimum atomic E-state index is -0.148. The lowest BCUT2D eigenvalue weighted by atomic mass is 9.93. The van der Waals surface area contributed by atoms with E-state index in [0.29, 0.717) is 35.3 Å². The zero-order valence-corrected chi connectivity index (χ0v) is 46.5. The third-order valence-electron chi connectivity index (χ3n) is 9.97. The number of azo groups is 2. The Kier molecular flexibility index (Phi) is 22.5. The van der Waals surface area contributed by atoms with E-state index in [9.17, 15) is 19.2 Å². The monoisotopic (exact) mass is 946 g/mol. The number of aromatic nitrogens is 6. The number of thioether (sulfide) groups is 2. The first-order chi connectivity index (χ1) is 29.4. The Labute approximate surface area is 402 Å². The first-order valence-corrected chi connectivity index (χ1v) is 25.4. The van der Waals surface area contributed by atoms with Gasteiger partial charge in [0.25, 0.3) is 0 Å². The maximum absolute atomic E-state index is 11.8. The van der Waals surface area contributed by atoms with Crippen molar-refractivity contribution in [1.82, 2.24) is 39.8 Å². The zero-order chi connectivity index (χ0) is 50.7. The molecule has 2 aromatic rings. The van der Waals surface area contributed by atoms with Gasteiger partial charge in [0.1, 0.15) is 6.54 Å². The second-order valence-corrected chi connectivity index (χ2v) is 26.2. The quantitative estimate of drug-likeness (QED) is 0.185. The van der Waals surface area contributed by atoms with Gasteiger partial charge in [-0.2, -0.15) is 0 Å². The first kappa shape index (κ1) is 59.6. The van der Waals surface area contributed by atoms with E-state index in [0.717, 1.165) is 17.9 Å². The molecule has 2 fully saturated rings. The average molecular weight is 946 g/mol. The standard InChI is InChI=1S/2C10H19N3.2C10H17NO2S.C9H17N2/c2*1-9(2,3)8-7-13(12-11-8)10(4,5)6;2*1-6(2)11-9(12)5-8(10(11)13)14-7(3)4;1-7(2)9-5-6-10-11(9)8(3)4/h2*7H,1-6H3;2*6-8H,5H2,1-4H3;5,7-8H,6H2,1-4H3/q;;;;+1. The molecule has 370 valence electrons. The molecular formula is C49H89N10O4S2+. The predicted molar refractivity (Wildman–Crippen MR) is 269 cm³/mol. The van der Waals surface area contributed by atoms with Crippen molar-refractivity contribution >= 4 is 47.2 Å². The van der Waals surface area contributed by atoms with Crippen LogP contribution in [0.1, 0.15) is 190 Å². The van der Waals surface area contributed by atoms with Crippen LogP contribution in [0.3, 0.4) is 0 Å². The highest BCUT2D eigenvalue weighted by Crippen LogP contribution is 2.31. The number of amides is 4. The number of allylic oxidation sites excluding steroid dienone is 1. The summed E-state index contributed by atoms with van der Waals surface area (Å²) in [7, 11) is 0. The van der Waals surface area contributed by atoms with Crippen LogP contribution in [0.2, 0.25) is 0 Å². The molecule has 0 aromatic carbocycles. The van der Waals surface area contributed by atoms with Gasteiger partial charge >= 0.3 is 0 Å². The van der Waals surface area contributed by atoms with Crippen LogP contribution in [0.4, 0.5) is 0 Å². The minimum Gasteiger partial charge on any atom is -0.279 e. The summed E-state index contributed by atoms with van der Waals surface area (Å²) >= 11 is 3.17. The van der Waals surface area contributed by atoms with E-state index in [2.05, 4.69) is 147 Å². The molecule has 14 nitrogen and oxygen atoms in total. The lowest BCUT2D eigenvalue weighted by molar-refractivity contribution is -0.576. The molecule has 2 saturated heterocycles. The number of likely N-dealkylation sites (tertiary alicyclic amines) is 2. The topological polar surface area (TPSA) is 152 Å². The van der Waals surface area contributed by atoms with Crippen LogP contribution >= 0.6 is 23.5 Å². The smallest absolute Gasteiger partial charge is 0.243 e. The molecule has 0 bridgehead atoms. The Morgan fingerprint density at radius 2 is 0.908 bits per heavy atom. The highest BCUT2D eigenvalue weighted by molar-refractivity contribution is 8.01. The van der Waals surface area contributed by atoms with Crippen molar-refractivity contribution < 1.29 is 23.9 Å². The molecule has 2 unspecified atom stereocenters. The molecule has 3 aliphatic heterocycles.